The molecule has 2 aromatic carbocycles. The summed E-state index contributed by atoms with van der Waals surface area (Å²) in [5.74, 6) is 0.294. The minimum atomic E-state index is -3.91. The van der Waals surface area contributed by atoms with Crippen molar-refractivity contribution in [1.82, 2.24) is 5.32 Å². The molecule has 0 aromatic heterocycles. The molecule has 0 saturated carbocycles. The lowest BCUT2D eigenvalue weighted by Crippen LogP contribution is -2.41. The van der Waals surface area contributed by atoms with E-state index in [1.807, 2.05) is 13.8 Å². The first kappa shape index (κ1) is 22.2. The van der Waals surface area contributed by atoms with Crippen LogP contribution in [0.2, 0.25) is 0 Å². The van der Waals surface area contributed by atoms with E-state index in [9.17, 15) is 13.2 Å². The summed E-state index contributed by atoms with van der Waals surface area (Å²) in [6, 6.07) is 13.0. The van der Waals surface area contributed by atoms with E-state index >= 15 is 0 Å². The summed E-state index contributed by atoms with van der Waals surface area (Å²) in [5, 5.41) is 2.77. The molecule has 8 heteroatoms. The molecule has 0 aliphatic heterocycles. The maximum Gasteiger partial charge on any atom is 0.264 e. The summed E-state index contributed by atoms with van der Waals surface area (Å²) in [6.07, 6.45) is 1.79. The van der Waals surface area contributed by atoms with E-state index in [-0.39, 0.29) is 17.3 Å². The van der Waals surface area contributed by atoms with Crippen LogP contribution in [-0.2, 0) is 14.8 Å². The fourth-order valence-corrected chi connectivity index (χ4v) is 4.20. The molecule has 0 saturated heterocycles. The van der Waals surface area contributed by atoms with Crippen LogP contribution in [0.3, 0.4) is 0 Å². The van der Waals surface area contributed by atoms with Gasteiger partial charge in [-0.15, -0.1) is 0 Å². The van der Waals surface area contributed by atoms with Gasteiger partial charge in [-0.3, -0.25) is 9.10 Å². The van der Waals surface area contributed by atoms with E-state index in [4.69, 9.17) is 4.74 Å². The van der Waals surface area contributed by atoms with Crippen LogP contribution in [0, 0.1) is 0 Å². The summed E-state index contributed by atoms with van der Waals surface area (Å²) in [5.41, 5.74) is 0.400. The number of nitrogens with one attached hydrogen (secondary N) is 1. The molecule has 0 unspecified atom stereocenters. The molecule has 0 radical (unpaired) electrons. The number of halogens is 1. The molecule has 0 bridgehead atoms. The van der Waals surface area contributed by atoms with Crippen molar-refractivity contribution in [2.24, 2.45) is 0 Å². The maximum atomic E-state index is 13.2. The highest BCUT2D eigenvalue weighted by Crippen LogP contribution is 2.26. The number of sulfonamides is 1. The van der Waals surface area contributed by atoms with Crippen molar-refractivity contribution in [1.29, 1.82) is 0 Å². The van der Waals surface area contributed by atoms with Crippen LogP contribution in [0.25, 0.3) is 0 Å². The van der Waals surface area contributed by atoms with Crippen LogP contribution in [-0.4, -0.2) is 34.0 Å². The minimum absolute atomic E-state index is 0.117. The second kappa shape index (κ2) is 10.5. The van der Waals surface area contributed by atoms with Gasteiger partial charge in [0.05, 0.1) is 17.2 Å². The number of amides is 1. The standard InChI is InChI=1S/C20H25BrN2O4S/c1-3-5-14-22-20(24)15-23(17-8-10-18(11-9-17)27-4-2)28(25,26)19-12-6-16(21)7-13-19/h6-13H,3-5,14-15H2,1-2H3,(H,22,24). The summed E-state index contributed by atoms with van der Waals surface area (Å²) >= 11 is 3.31. The average molecular weight is 469 g/mol. The van der Waals surface area contributed by atoms with Gasteiger partial charge in [0.15, 0.2) is 0 Å². The molecule has 6 nitrogen and oxygen atoms in total. The highest BCUT2D eigenvalue weighted by atomic mass is 79.9. The van der Waals surface area contributed by atoms with Crippen molar-refractivity contribution in [2.75, 3.05) is 24.0 Å². The Morgan fingerprint density at radius 1 is 1.07 bits per heavy atom. The molecule has 0 heterocycles. The van der Waals surface area contributed by atoms with Crippen LogP contribution in [0.1, 0.15) is 26.7 Å². The Morgan fingerprint density at radius 2 is 1.71 bits per heavy atom. The zero-order chi connectivity index (χ0) is 20.6. The topological polar surface area (TPSA) is 75.7 Å². The van der Waals surface area contributed by atoms with Crippen LogP contribution >= 0.6 is 15.9 Å². The SMILES string of the molecule is CCCCNC(=O)CN(c1ccc(OCC)cc1)S(=O)(=O)c1ccc(Br)cc1. The molecule has 0 aliphatic carbocycles. The summed E-state index contributed by atoms with van der Waals surface area (Å²) in [4.78, 5) is 12.5. The van der Waals surface area contributed by atoms with Gasteiger partial charge in [0, 0.05) is 11.0 Å². The Hall–Kier alpha value is -2.06. The molecule has 0 aliphatic rings. The Balaban J connectivity index is 2.34. The van der Waals surface area contributed by atoms with Gasteiger partial charge in [-0.05, 0) is 61.9 Å². The second-order valence-corrected chi connectivity index (χ2v) is 8.87. The molecular weight excluding hydrogens is 444 g/mol. The van der Waals surface area contributed by atoms with Gasteiger partial charge >= 0.3 is 0 Å². The van der Waals surface area contributed by atoms with E-state index in [1.165, 1.54) is 12.1 Å². The van der Waals surface area contributed by atoms with Crippen molar-refractivity contribution >= 4 is 37.5 Å². The van der Waals surface area contributed by atoms with Crippen LogP contribution in [0.4, 0.5) is 5.69 Å². The van der Waals surface area contributed by atoms with Gasteiger partial charge in [0.2, 0.25) is 5.91 Å². The number of unbranched alkanes of at least 4 members (excludes halogenated alkanes) is 1. The second-order valence-electron chi connectivity index (χ2n) is 6.10. The van der Waals surface area contributed by atoms with E-state index in [0.29, 0.717) is 24.6 Å². The molecule has 2 rings (SSSR count). The number of hydrogen-bond acceptors (Lipinski definition) is 4. The van der Waals surface area contributed by atoms with Gasteiger partial charge in [-0.2, -0.15) is 0 Å². The fourth-order valence-electron chi connectivity index (χ4n) is 2.52. The third kappa shape index (κ3) is 5.97. The van der Waals surface area contributed by atoms with Crippen LogP contribution in [0.5, 0.6) is 5.75 Å². The van der Waals surface area contributed by atoms with Crippen LogP contribution < -0.4 is 14.4 Å². The lowest BCUT2D eigenvalue weighted by molar-refractivity contribution is -0.119. The number of benzene rings is 2. The zero-order valence-electron chi connectivity index (χ0n) is 16.0. The van der Waals surface area contributed by atoms with Gasteiger partial charge in [-0.25, -0.2) is 8.42 Å². The number of nitrogens with zero attached hydrogens (tertiary/aromatic N) is 1. The third-order valence-corrected chi connectivity index (χ3v) is 6.29. The number of anilines is 1. The normalized spacial score (nSPS) is 11.1. The van der Waals surface area contributed by atoms with Gasteiger partial charge in [-0.1, -0.05) is 29.3 Å². The van der Waals surface area contributed by atoms with Crippen molar-refractivity contribution in [2.45, 2.75) is 31.6 Å². The summed E-state index contributed by atoms with van der Waals surface area (Å²) in [6.45, 7) is 4.64. The number of carbonyl (C=O) groups is 1. The van der Waals surface area contributed by atoms with E-state index in [1.54, 1.807) is 36.4 Å². The predicted molar refractivity (Wildman–Crippen MR) is 114 cm³/mol. The summed E-state index contributed by atoms with van der Waals surface area (Å²) in [7, 11) is -3.91. The molecule has 28 heavy (non-hydrogen) atoms. The third-order valence-electron chi connectivity index (χ3n) is 3.98. The first-order valence-corrected chi connectivity index (χ1v) is 11.4. The molecule has 1 amide bonds. The number of rotatable bonds is 10. The first-order valence-electron chi connectivity index (χ1n) is 9.16. The van der Waals surface area contributed by atoms with Crippen molar-refractivity contribution in [3.8, 4) is 5.75 Å². The van der Waals surface area contributed by atoms with Gasteiger partial charge < -0.3 is 10.1 Å². The lowest BCUT2D eigenvalue weighted by atomic mass is 10.3. The van der Waals surface area contributed by atoms with E-state index in [2.05, 4.69) is 21.2 Å². The monoisotopic (exact) mass is 468 g/mol. The Morgan fingerprint density at radius 3 is 2.29 bits per heavy atom. The van der Waals surface area contributed by atoms with Crippen molar-refractivity contribution in [3.05, 3.63) is 53.0 Å². The Bertz CT molecular complexity index is 868. The molecular formula is C20H25BrN2O4S. The molecule has 1 N–H and O–H groups in total. The fraction of sp³-hybridized carbons (Fsp3) is 0.350. The number of carbonyl (C=O) groups excluding carboxylic acids is 1. The van der Waals surface area contributed by atoms with Crippen molar-refractivity contribution in [3.63, 3.8) is 0 Å². The van der Waals surface area contributed by atoms with Crippen LogP contribution in [0.15, 0.2) is 57.9 Å². The Kier molecular flexibility index (Phi) is 8.32. The lowest BCUT2D eigenvalue weighted by Gasteiger charge is -2.24. The quantitative estimate of drug-likeness (QED) is 0.535. The van der Waals surface area contributed by atoms with Crippen molar-refractivity contribution < 1.29 is 17.9 Å². The van der Waals surface area contributed by atoms with Gasteiger partial charge in [0.25, 0.3) is 10.0 Å². The molecule has 152 valence electrons. The molecule has 2 aromatic rings. The van der Waals surface area contributed by atoms with Gasteiger partial charge in [0.1, 0.15) is 12.3 Å². The highest BCUT2D eigenvalue weighted by molar-refractivity contribution is 9.10. The number of ether oxygens (including phenoxy) is 1. The summed E-state index contributed by atoms with van der Waals surface area (Å²) < 4.78 is 33.7. The number of hydrogen-bond donors (Lipinski definition) is 1. The Labute approximate surface area is 175 Å². The largest absolute Gasteiger partial charge is 0.494 e. The average Bonchev–Trinajstić information content (AvgIpc) is 2.67. The first-order chi connectivity index (χ1) is 13.4. The molecule has 0 atom stereocenters. The zero-order valence-corrected chi connectivity index (χ0v) is 18.4. The van der Waals surface area contributed by atoms with E-state index in [0.717, 1.165) is 21.6 Å². The molecule has 0 fully saturated rings. The predicted octanol–water partition coefficient (Wildman–Crippen LogP) is 3.96. The van der Waals surface area contributed by atoms with E-state index < -0.39 is 10.0 Å². The molecule has 0 spiro atoms. The maximum absolute atomic E-state index is 13.2. The smallest absolute Gasteiger partial charge is 0.264 e. The highest BCUT2D eigenvalue weighted by Gasteiger charge is 2.27. The minimum Gasteiger partial charge on any atom is -0.494 e.